The third-order valence-electron chi connectivity index (χ3n) is 2.21. The van der Waals surface area contributed by atoms with E-state index in [-0.39, 0.29) is 5.69 Å². The molecule has 2 aromatic rings. The van der Waals surface area contributed by atoms with Crippen molar-refractivity contribution >= 4 is 28.6 Å². The number of hydrogen-bond donors (Lipinski definition) is 1. The number of aryl methyl sites for hydroxylation is 1. The lowest BCUT2D eigenvalue weighted by Crippen LogP contribution is -1.99. The summed E-state index contributed by atoms with van der Waals surface area (Å²) in [4.78, 5) is 24.5. The van der Waals surface area contributed by atoms with E-state index in [0.717, 1.165) is 0 Å². The Hall–Kier alpha value is -2.46. The van der Waals surface area contributed by atoms with Gasteiger partial charge in [0, 0.05) is 12.4 Å². The number of isocyanates is 1. The van der Waals surface area contributed by atoms with Crippen molar-refractivity contribution in [1.29, 1.82) is 0 Å². The minimum absolute atomic E-state index is 0.0551. The molecule has 0 atom stereocenters. The van der Waals surface area contributed by atoms with Crippen LogP contribution in [0.3, 0.4) is 0 Å². The number of carbonyl (C=O) groups excluding carboxylic acids is 1. The first-order valence-electron chi connectivity index (χ1n) is 4.41. The molecule has 0 spiro atoms. The van der Waals surface area contributed by atoms with Crippen molar-refractivity contribution in [2.24, 2.45) is 12.0 Å². The van der Waals surface area contributed by atoms with Crippen LogP contribution in [0, 0.1) is 0 Å². The molecule has 0 unspecified atom stereocenters. The van der Waals surface area contributed by atoms with Gasteiger partial charge < -0.3 is 5.11 Å². The van der Waals surface area contributed by atoms with Crippen molar-refractivity contribution in [3.63, 3.8) is 0 Å². The normalized spacial score (nSPS) is 10.1. The number of hydrogen-bond acceptors (Lipinski definition) is 4. The molecular formula is C10H7N3O3. The van der Waals surface area contributed by atoms with Gasteiger partial charge >= 0.3 is 5.97 Å². The second-order valence-electron chi connectivity index (χ2n) is 3.18. The van der Waals surface area contributed by atoms with Crippen LogP contribution in [0.5, 0.6) is 0 Å². The van der Waals surface area contributed by atoms with Gasteiger partial charge in [0.1, 0.15) is 0 Å². The number of carbonyl (C=O) groups is 1. The second kappa shape index (κ2) is 3.60. The summed E-state index contributed by atoms with van der Waals surface area (Å²) in [6.45, 7) is 0. The molecule has 1 aromatic heterocycles. The highest BCUT2D eigenvalue weighted by Gasteiger charge is 2.14. The number of aromatic carboxylic acids is 1. The summed E-state index contributed by atoms with van der Waals surface area (Å²) in [5.74, 6) is -1.11. The van der Waals surface area contributed by atoms with Gasteiger partial charge in [0.2, 0.25) is 6.08 Å². The van der Waals surface area contributed by atoms with E-state index in [1.807, 2.05) is 0 Å². The fraction of sp³-hybridized carbons (Fsp3) is 0.100. The van der Waals surface area contributed by atoms with Crippen molar-refractivity contribution in [3.8, 4) is 0 Å². The largest absolute Gasteiger partial charge is 0.476 e. The highest BCUT2D eigenvalue weighted by molar-refractivity contribution is 6.02. The zero-order valence-corrected chi connectivity index (χ0v) is 8.34. The predicted octanol–water partition coefficient (Wildman–Crippen LogP) is 1.24. The highest BCUT2D eigenvalue weighted by Crippen LogP contribution is 2.23. The van der Waals surface area contributed by atoms with Gasteiger partial charge in [0.25, 0.3) is 0 Å². The maximum absolute atomic E-state index is 10.9. The standard InChI is InChI=1S/C10H7N3O3/c1-13-8-3-2-6(11-5-14)4-7(8)9(12-13)10(15)16/h2-4H,1H3,(H,15,16). The van der Waals surface area contributed by atoms with E-state index in [9.17, 15) is 9.59 Å². The Labute approximate surface area is 89.8 Å². The topological polar surface area (TPSA) is 84.6 Å². The highest BCUT2D eigenvalue weighted by atomic mass is 16.4. The van der Waals surface area contributed by atoms with Crippen LogP contribution in [0.25, 0.3) is 10.9 Å². The van der Waals surface area contributed by atoms with Gasteiger partial charge in [-0.3, -0.25) is 4.68 Å². The summed E-state index contributed by atoms with van der Waals surface area (Å²) >= 11 is 0. The molecule has 0 amide bonds. The number of carboxylic acids is 1. The Morgan fingerprint density at radius 2 is 2.31 bits per heavy atom. The van der Waals surface area contributed by atoms with E-state index in [2.05, 4.69) is 10.1 Å². The lowest BCUT2D eigenvalue weighted by molar-refractivity contribution is 0.0691. The Bertz CT molecular complexity index is 624. The summed E-state index contributed by atoms with van der Waals surface area (Å²) in [7, 11) is 1.65. The number of aliphatic imine (C=N–C) groups is 1. The molecule has 6 heteroatoms. The number of benzene rings is 1. The first kappa shape index (κ1) is 10.1. The quantitative estimate of drug-likeness (QED) is 0.605. The smallest absolute Gasteiger partial charge is 0.357 e. The Morgan fingerprint density at radius 3 is 2.94 bits per heavy atom. The van der Waals surface area contributed by atoms with Crippen molar-refractivity contribution in [3.05, 3.63) is 23.9 Å². The molecule has 2 rings (SSSR count). The zero-order chi connectivity index (χ0) is 11.7. The summed E-state index contributed by atoms with van der Waals surface area (Å²) in [6, 6.07) is 4.75. The molecule has 6 nitrogen and oxygen atoms in total. The molecule has 80 valence electrons. The lowest BCUT2D eigenvalue weighted by Gasteiger charge is -1.94. The average molecular weight is 217 g/mol. The van der Waals surface area contributed by atoms with Gasteiger partial charge in [-0.2, -0.15) is 10.1 Å². The van der Waals surface area contributed by atoms with E-state index in [1.165, 1.54) is 16.8 Å². The van der Waals surface area contributed by atoms with Crippen LogP contribution in [0.1, 0.15) is 10.5 Å². The third kappa shape index (κ3) is 1.47. The molecule has 1 N–H and O–H groups in total. The van der Waals surface area contributed by atoms with Gasteiger partial charge in [-0.25, -0.2) is 9.59 Å². The summed E-state index contributed by atoms with van der Waals surface area (Å²) < 4.78 is 1.47. The minimum Gasteiger partial charge on any atom is -0.476 e. The number of nitrogens with zero attached hydrogens (tertiary/aromatic N) is 3. The van der Waals surface area contributed by atoms with Crippen LogP contribution < -0.4 is 0 Å². The average Bonchev–Trinajstić information content (AvgIpc) is 2.57. The monoisotopic (exact) mass is 217 g/mol. The Kier molecular flexibility index (Phi) is 2.27. The fourth-order valence-electron chi connectivity index (χ4n) is 1.53. The first-order valence-corrected chi connectivity index (χ1v) is 4.41. The van der Waals surface area contributed by atoms with Crippen molar-refractivity contribution in [2.45, 2.75) is 0 Å². The predicted molar refractivity (Wildman–Crippen MR) is 55.5 cm³/mol. The maximum Gasteiger partial charge on any atom is 0.357 e. The summed E-state index contributed by atoms with van der Waals surface area (Å²) in [6.07, 6.45) is 1.40. The number of carboxylic acid groups (broad SMARTS) is 1. The molecule has 0 saturated carbocycles. The van der Waals surface area contributed by atoms with Crippen LogP contribution >= 0.6 is 0 Å². The molecule has 0 saturated heterocycles. The molecule has 0 radical (unpaired) electrons. The van der Waals surface area contributed by atoms with Crippen LogP contribution in [-0.2, 0) is 11.8 Å². The number of rotatable bonds is 2. The molecule has 0 aliphatic carbocycles. The van der Waals surface area contributed by atoms with E-state index in [0.29, 0.717) is 16.6 Å². The molecule has 16 heavy (non-hydrogen) atoms. The van der Waals surface area contributed by atoms with E-state index in [4.69, 9.17) is 5.11 Å². The molecule has 0 aliphatic heterocycles. The van der Waals surface area contributed by atoms with Crippen LogP contribution in [0.4, 0.5) is 5.69 Å². The molecule has 1 aromatic carbocycles. The van der Waals surface area contributed by atoms with Crippen molar-refractivity contribution in [2.75, 3.05) is 0 Å². The van der Waals surface area contributed by atoms with Crippen LogP contribution in [0.2, 0.25) is 0 Å². The third-order valence-corrected chi connectivity index (χ3v) is 2.21. The summed E-state index contributed by atoms with van der Waals surface area (Å²) in [5, 5.41) is 13.3. The minimum atomic E-state index is -1.11. The molecule has 0 fully saturated rings. The first-order chi connectivity index (χ1) is 7.63. The lowest BCUT2D eigenvalue weighted by atomic mass is 10.2. The molecule has 0 aliphatic rings. The van der Waals surface area contributed by atoms with E-state index < -0.39 is 5.97 Å². The number of fused-ring (bicyclic) bond motifs is 1. The van der Waals surface area contributed by atoms with Gasteiger partial charge in [0.05, 0.1) is 11.2 Å². The zero-order valence-electron chi connectivity index (χ0n) is 8.34. The Balaban J connectivity index is 2.79. The van der Waals surface area contributed by atoms with Gasteiger partial charge in [-0.15, -0.1) is 0 Å². The van der Waals surface area contributed by atoms with Crippen molar-refractivity contribution in [1.82, 2.24) is 9.78 Å². The molecule has 0 bridgehead atoms. The molecule has 1 heterocycles. The summed E-state index contributed by atoms with van der Waals surface area (Å²) in [5.41, 5.74) is 0.973. The van der Waals surface area contributed by atoms with E-state index >= 15 is 0 Å². The van der Waals surface area contributed by atoms with Gasteiger partial charge in [-0.05, 0) is 18.2 Å². The number of aromatic nitrogens is 2. The van der Waals surface area contributed by atoms with Gasteiger partial charge in [-0.1, -0.05) is 0 Å². The van der Waals surface area contributed by atoms with Gasteiger partial charge in [0.15, 0.2) is 5.69 Å². The van der Waals surface area contributed by atoms with Crippen molar-refractivity contribution < 1.29 is 14.7 Å². The second-order valence-corrected chi connectivity index (χ2v) is 3.18. The van der Waals surface area contributed by atoms with Crippen LogP contribution in [-0.4, -0.2) is 26.9 Å². The van der Waals surface area contributed by atoms with Crippen LogP contribution in [0.15, 0.2) is 23.2 Å². The fourth-order valence-corrected chi connectivity index (χ4v) is 1.53. The van der Waals surface area contributed by atoms with E-state index in [1.54, 1.807) is 19.2 Å². The molecular weight excluding hydrogens is 210 g/mol. The Morgan fingerprint density at radius 1 is 1.56 bits per heavy atom. The maximum atomic E-state index is 10.9. The SMILES string of the molecule is Cn1nc(C(=O)O)c2cc(N=C=O)ccc21.